The molecule has 3 nitrogen and oxygen atoms in total. The second-order valence-corrected chi connectivity index (χ2v) is 5.13. The lowest BCUT2D eigenvalue weighted by atomic mass is 10.0. The van der Waals surface area contributed by atoms with Gasteiger partial charge in [0.15, 0.2) is 0 Å². The first-order valence-electron chi connectivity index (χ1n) is 7.27. The number of hydrogen-bond donors (Lipinski definition) is 1. The fourth-order valence-electron chi connectivity index (χ4n) is 2.66. The summed E-state index contributed by atoms with van der Waals surface area (Å²) >= 11 is 0. The van der Waals surface area contributed by atoms with E-state index >= 15 is 0 Å². The topological polar surface area (TPSA) is 46.5 Å². The zero-order chi connectivity index (χ0) is 16.2. The van der Waals surface area contributed by atoms with E-state index in [-0.39, 0.29) is 5.56 Å². The summed E-state index contributed by atoms with van der Waals surface area (Å²) in [6.07, 6.45) is 3.75. The Hall–Kier alpha value is -3.07. The summed E-state index contributed by atoms with van der Waals surface area (Å²) in [6, 6.07) is 19.4. The molecular weight excluding hydrogens is 288 g/mol. The Labute approximate surface area is 134 Å². The number of carbonyl (C=O) groups is 1. The van der Waals surface area contributed by atoms with Crippen molar-refractivity contribution in [3.63, 3.8) is 0 Å². The molecule has 1 N–H and O–H groups in total. The van der Waals surface area contributed by atoms with Crippen molar-refractivity contribution in [3.8, 4) is 5.75 Å². The third-order valence-corrected chi connectivity index (χ3v) is 3.76. The molecule has 0 aliphatic heterocycles. The van der Waals surface area contributed by atoms with Gasteiger partial charge in [0.1, 0.15) is 11.3 Å². The highest BCUT2D eigenvalue weighted by atomic mass is 16.5. The van der Waals surface area contributed by atoms with Crippen molar-refractivity contribution < 1.29 is 14.6 Å². The van der Waals surface area contributed by atoms with E-state index in [1.165, 1.54) is 7.11 Å². The van der Waals surface area contributed by atoms with Crippen LogP contribution in [0.3, 0.4) is 0 Å². The monoisotopic (exact) mass is 304 g/mol. The first-order valence-corrected chi connectivity index (χ1v) is 7.27. The minimum Gasteiger partial charge on any atom is -0.496 e. The number of methoxy groups -OCH3 is 1. The van der Waals surface area contributed by atoms with E-state index in [4.69, 9.17) is 4.74 Å². The maximum absolute atomic E-state index is 11.5. The molecule has 0 aromatic heterocycles. The van der Waals surface area contributed by atoms with Gasteiger partial charge in [-0.15, -0.1) is 0 Å². The number of carboxylic acid groups (broad SMARTS) is 1. The third kappa shape index (κ3) is 2.94. The second kappa shape index (κ2) is 6.36. The van der Waals surface area contributed by atoms with Crippen molar-refractivity contribution >= 4 is 28.9 Å². The van der Waals surface area contributed by atoms with Crippen LogP contribution >= 0.6 is 0 Å². The van der Waals surface area contributed by atoms with Gasteiger partial charge < -0.3 is 9.84 Å². The maximum Gasteiger partial charge on any atom is 0.340 e. The van der Waals surface area contributed by atoms with E-state index in [0.29, 0.717) is 11.3 Å². The molecule has 0 aliphatic carbocycles. The molecule has 3 rings (SSSR count). The predicted molar refractivity (Wildman–Crippen MR) is 92.8 cm³/mol. The van der Waals surface area contributed by atoms with E-state index in [1.54, 1.807) is 18.2 Å². The lowest BCUT2D eigenvalue weighted by molar-refractivity contribution is 0.0693. The molecule has 0 radical (unpaired) electrons. The number of aromatic carboxylic acids is 1. The Morgan fingerprint density at radius 2 is 1.57 bits per heavy atom. The Bertz CT molecular complexity index is 889. The van der Waals surface area contributed by atoms with Crippen molar-refractivity contribution in [1.82, 2.24) is 0 Å². The number of hydrogen-bond acceptors (Lipinski definition) is 2. The third-order valence-electron chi connectivity index (χ3n) is 3.76. The van der Waals surface area contributed by atoms with Crippen LogP contribution < -0.4 is 4.74 Å². The van der Waals surface area contributed by atoms with Gasteiger partial charge in [0.2, 0.25) is 0 Å². The SMILES string of the molecule is COc1cccc(/C=C/c2cccc3ccccc23)c1C(=O)O. The van der Waals surface area contributed by atoms with Gasteiger partial charge >= 0.3 is 5.97 Å². The molecular formula is C20H16O3. The molecule has 0 unspecified atom stereocenters. The van der Waals surface area contributed by atoms with Gasteiger partial charge in [0, 0.05) is 0 Å². The summed E-state index contributed by atoms with van der Waals surface area (Å²) in [4.78, 5) is 11.5. The Morgan fingerprint density at radius 3 is 2.35 bits per heavy atom. The summed E-state index contributed by atoms with van der Waals surface area (Å²) in [6.45, 7) is 0. The average Bonchev–Trinajstić information content (AvgIpc) is 2.59. The van der Waals surface area contributed by atoms with Crippen molar-refractivity contribution in [2.24, 2.45) is 0 Å². The number of fused-ring (bicyclic) bond motifs is 1. The number of carboxylic acids is 1. The summed E-state index contributed by atoms with van der Waals surface area (Å²) in [7, 11) is 1.47. The molecule has 0 heterocycles. The van der Waals surface area contributed by atoms with Crippen LogP contribution in [0.4, 0.5) is 0 Å². The first kappa shape index (κ1) is 14.9. The van der Waals surface area contributed by atoms with Gasteiger partial charge in [-0.3, -0.25) is 0 Å². The lowest BCUT2D eigenvalue weighted by Crippen LogP contribution is -2.03. The highest BCUT2D eigenvalue weighted by molar-refractivity contribution is 5.98. The minimum absolute atomic E-state index is 0.173. The molecule has 114 valence electrons. The van der Waals surface area contributed by atoms with Crippen LogP contribution in [0.1, 0.15) is 21.5 Å². The van der Waals surface area contributed by atoms with Gasteiger partial charge in [-0.2, -0.15) is 0 Å². The number of benzene rings is 3. The highest BCUT2D eigenvalue weighted by Gasteiger charge is 2.14. The fourth-order valence-corrected chi connectivity index (χ4v) is 2.66. The van der Waals surface area contributed by atoms with Crippen LogP contribution in [0.2, 0.25) is 0 Å². The quantitative estimate of drug-likeness (QED) is 0.710. The Kier molecular flexibility index (Phi) is 4.11. The smallest absolute Gasteiger partial charge is 0.340 e. The van der Waals surface area contributed by atoms with Gasteiger partial charge in [0.05, 0.1) is 7.11 Å². The van der Waals surface area contributed by atoms with Gasteiger partial charge in [-0.05, 0) is 28.0 Å². The van der Waals surface area contributed by atoms with E-state index in [2.05, 4.69) is 18.2 Å². The van der Waals surface area contributed by atoms with Crippen molar-refractivity contribution in [2.75, 3.05) is 7.11 Å². The van der Waals surface area contributed by atoms with Crippen LogP contribution in [0.25, 0.3) is 22.9 Å². The highest BCUT2D eigenvalue weighted by Crippen LogP contribution is 2.25. The molecule has 3 heteroatoms. The molecule has 3 aromatic rings. The van der Waals surface area contributed by atoms with Gasteiger partial charge in [-0.25, -0.2) is 4.79 Å². The fraction of sp³-hybridized carbons (Fsp3) is 0.0500. The van der Waals surface area contributed by atoms with Crippen LogP contribution in [-0.2, 0) is 0 Å². The first-order chi connectivity index (χ1) is 11.2. The molecule has 0 saturated carbocycles. The minimum atomic E-state index is -1.000. The summed E-state index contributed by atoms with van der Waals surface area (Å²) < 4.78 is 5.15. The van der Waals surface area contributed by atoms with Crippen molar-refractivity contribution in [1.29, 1.82) is 0 Å². The second-order valence-electron chi connectivity index (χ2n) is 5.13. The lowest BCUT2D eigenvalue weighted by Gasteiger charge is -2.08. The van der Waals surface area contributed by atoms with Crippen LogP contribution in [0.15, 0.2) is 60.7 Å². The van der Waals surface area contributed by atoms with Crippen LogP contribution in [0.5, 0.6) is 5.75 Å². The zero-order valence-electron chi connectivity index (χ0n) is 12.7. The maximum atomic E-state index is 11.5. The largest absolute Gasteiger partial charge is 0.496 e. The predicted octanol–water partition coefficient (Wildman–Crippen LogP) is 4.72. The Morgan fingerprint density at radius 1 is 0.913 bits per heavy atom. The molecule has 3 aromatic carbocycles. The van der Waals surface area contributed by atoms with Gasteiger partial charge in [0.25, 0.3) is 0 Å². The molecule has 0 spiro atoms. The molecule has 0 aliphatic rings. The molecule has 0 amide bonds. The van der Waals surface area contributed by atoms with Crippen molar-refractivity contribution in [3.05, 3.63) is 77.4 Å². The number of ether oxygens (including phenoxy) is 1. The standard InChI is InChI=1S/C20H16O3/c1-23-18-11-5-9-16(19(18)20(21)22)13-12-15-8-4-7-14-6-2-3-10-17(14)15/h2-13H,1H3,(H,21,22)/b13-12+. The summed E-state index contributed by atoms with van der Waals surface area (Å²) in [5, 5.41) is 11.7. The molecule has 0 saturated heterocycles. The summed E-state index contributed by atoms with van der Waals surface area (Å²) in [5.74, 6) is -0.641. The Balaban J connectivity index is 2.08. The average molecular weight is 304 g/mol. The van der Waals surface area contributed by atoms with E-state index in [1.807, 2.05) is 36.4 Å². The normalized spacial score (nSPS) is 11.0. The molecule has 0 bridgehead atoms. The summed E-state index contributed by atoms with van der Waals surface area (Å²) in [5.41, 5.74) is 1.83. The van der Waals surface area contributed by atoms with Crippen LogP contribution in [-0.4, -0.2) is 18.2 Å². The van der Waals surface area contributed by atoms with Gasteiger partial charge in [-0.1, -0.05) is 66.7 Å². The number of rotatable bonds is 4. The molecule has 0 fully saturated rings. The molecule has 23 heavy (non-hydrogen) atoms. The zero-order valence-corrected chi connectivity index (χ0v) is 12.7. The van der Waals surface area contributed by atoms with E-state index in [0.717, 1.165) is 16.3 Å². The van der Waals surface area contributed by atoms with Crippen LogP contribution in [0, 0.1) is 0 Å². The van der Waals surface area contributed by atoms with Crippen molar-refractivity contribution in [2.45, 2.75) is 0 Å². The van der Waals surface area contributed by atoms with E-state index in [9.17, 15) is 9.90 Å². The molecule has 0 atom stereocenters. The van der Waals surface area contributed by atoms with E-state index < -0.39 is 5.97 Å².